The van der Waals surface area contributed by atoms with Gasteiger partial charge in [-0.2, -0.15) is 0 Å². The van der Waals surface area contributed by atoms with Crippen molar-refractivity contribution in [3.05, 3.63) is 27.7 Å². The van der Waals surface area contributed by atoms with Crippen molar-refractivity contribution >= 4 is 39.2 Å². The molecule has 1 saturated carbocycles. The molecule has 0 aliphatic heterocycles. The lowest BCUT2D eigenvalue weighted by molar-refractivity contribution is 0.00900. The summed E-state index contributed by atoms with van der Waals surface area (Å²) in [5.41, 5.74) is -0.0925. The van der Waals surface area contributed by atoms with E-state index < -0.39 is 16.0 Å². The van der Waals surface area contributed by atoms with Gasteiger partial charge in [0, 0.05) is 0 Å². The van der Waals surface area contributed by atoms with Crippen LogP contribution in [0.5, 0.6) is 0 Å². The molecule has 1 aromatic carbocycles. The molecule has 0 atom stereocenters. The van der Waals surface area contributed by atoms with Gasteiger partial charge in [0.15, 0.2) is 0 Å². The zero-order valence-corrected chi connectivity index (χ0v) is 12.1. The van der Waals surface area contributed by atoms with Crippen LogP contribution in [0.4, 0.5) is 0 Å². The highest BCUT2D eigenvalue weighted by Crippen LogP contribution is 2.31. The van der Waals surface area contributed by atoms with Crippen LogP contribution in [-0.2, 0) is 14.8 Å². The second kappa shape index (κ2) is 5.28. The molecule has 0 unspecified atom stereocenters. The molecule has 0 bridgehead atoms. The largest absolute Gasteiger partial charge is 0.459 e. The van der Waals surface area contributed by atoms with E-state index in [0.29, 0.717) is 0 Å². The number of esters is 1. The van der Waals surface area contributed by atoms with Gasteiger partial charge in [0.05, 0.1) is 20.5 Å². The summed E-state index contributed by atoms with van der Waals surface area (Å²) < 4.78 is 27.7. The molecule has 0 amide bonds. The fraction of sp³-hybridized carbons (Fsp3) is 0.364. The van der Waals surface area contributed by atoms with Crippen molar-refractivity contribution in [3.8, 4) is 0 Å². The SMILES string of the molecule is NS(=O)(=O)c1cc(Cl)c(Cl)c(C(=O)OC2CCC2)c1. The van der Waals surface area contributed by atoms with Gasteiger partial charge in [0.25, 0.3) is 0 Å². The second-order valence-corrected chi connectivity index (χ2v) is 6.62. The third-order valence-corrected chi connectivity index (χ3v) is 4.57. The number of sulfonamides is 1. The van der Waals surface area contributed by atoms with E-state index in [-0.39, 0.29) is 26.6 Å². The number of halogens is 2. The Bertz CT molecular complexity index is 626. The molecule has 1 aromatic rings. The summed E-state index contributed by atoms with van der Waals surface area (Å²) in [5.74, 6) is -0.693. The Morgan fingerprint density at radius 1 is 1.32 bits per heavy atom. The van der Waals surface area contributed by atoms with Gasteiger partial charge in [-0.3, -0.25) is 0 Å². The van der Waals surface area contributed by atoms with Crippen molar-refractivity contribution < 1.29 is 17.9 Å². The van der Waals surface area contributed by atoms with E-state index in [2.05, 4.69) is 0 Å². The van der Waals surface area contributed by atoms with Crippen LogP contribution >= 0.6 is 23.2 Å². The number of carbonyl (C=O) groups is 1. The molecule has 0 saturated heterocycles. The first-order valence-corrected chi connectivity index (χ1v) is 7.82. The fourth-order valence-corrected chi connectivity index (χ4v) is 2.62. The third-order valence-electron chi connectivity index (χ3n) is 2.88. The molecule has 0 spiro atoms. The van der Waals surface area contributed by atoms with E-state index in [4.69, 9.17) is 33.1 Å². The molecular formula is C11H11Cl2NO4S. The molecule has 19 heavy (non-hydrogen) atoms. The average molecular weight is 324 g/mol. The lowest BCUT2D eigenvalue weighted by atomic mass is 9.96. The molecule has 0 aromatic heterocycles. The van der Waals surface area contributed by atoms with E-state index in [1.165, 1.54) is 0 Å². The molecule has 1 aliphatic carbocycles. The maximum absolute atomic E-state index is 11.9. The first-order valence-electron chi connectivity index (χ1n) is 5.52. The van der Waals surface area contributed by atoms with Gasteiger partial charge in [-0.05, 0) is 31.4 Å². The Hall–Kier alpha value is -0.820. The molecular weight excluding hydrogens is 313 g/mol. The second-order valence-electron chi connectivity index (χ2n) is 4.27. The van der Waals surface area contributed by atoms with Gasteiger partial charge in [0.1, 0.15) is 6.10 Å². The standard InChI is InChI=1S/C11H11Cl2NO4S/c12-9-5-7(19(14,16)17)4-8(10(9)13)11(15)18-6-2-1-3-6/h4-6H,1-3H2,(H2,14,16,17). The average Bonchev–Trinajstić information content (AvgIpc) is 2.25. The maximum Gasteiger partial charge on any atom is 0.340 e. The summed E-state index contributed by atoms with van der Waals surface area (Å²) >= 11 is 11.7. The molecule has 2 N–H and O–H groups in total. The summed E-state index contributed by atoms with van der Waals surface area (Å²) in [4.78, 5) is 11.6. The lowest BCUT2D eigenvalue weighted by Gasteiger charge is -2.25. The van der Waals surface area contributed by atoms with Crippen LogP contribution in [0, 0.1) is 0 Å². The molecule has 0 radical (unpaired) electrons. The Balaban J connectivity index is 2.37. The van der Waals surface area contributed by atoms with Crippen molar-refractivity contribution in [2.75, 3.05) is 0 Å². The minimum Gasteiger partial charge on any atom is -0.459 e. The minimum absolute atomic E-state index is 0.0432. The monoisotopic (exact) mass is 323 g/mol. The van der Waals surface area contributed by atoms with E-state index >= 15 is 0 Å². The predicted molar refractivity (Wildman–Crippen MR) is 70.9 cm³/mol. The van der Waals surface area contributed by atoms with Crippen molar-refractivity contribution in [1.82, 2.24) is 0 Å². The Kier molecular flexibility index (Phi) is 4.06. The summed E-state index contributed by atoms with van der Waals surface area (Å²) in [6.45, 7) is 0. The van der Waals surface area contributed by atoms with Gasteiger partial charge in [-0.25, -0.2) is 18.4 Å². The van der Waals surface area contributed by atoms with Gasteiger partial charge >= 0.3 is 5.97 Å². The van der Waals surface area contributed by atoms with Crippen molar-refractivity contribution in [2.24, 2.45) is 5.14 Å². The van der Waals surface area contributed by atoms with Crippen LogP contribution in [-0.4, -0.2) is 20.5 Å². The lowest BCUT2D eigenvalue weighted by Crippen LogP contribution is -2.25. The number of primary sulfonamides is 1. The van der Waals surface area contributed by atoms with Crippen LogP contribution in [0.25, 0.3) is 0 Å². The Morgan fingerprint density at radius 2 is 1.95 bits per heavy atom. The van der Waals surface area contributed by atoms with Crippen LogP contribution < -0.4 is 5.14 Å². The van der Waals surface area contributed by atoms with Crippen LogP contribution in [0.3, 0.4) is 0 Å². The summed E-state index contributed by atoms with van der Waals surface area (Å²) in [6, 6.07) is 2.17. The highest BCUT2D eigenvalue weighted by molar-refractivity contribution is 7.89. The summed E-state index contributed by atoms with van der Waals surface area (Å²) in [6.07, 6.45) is 2.46. The van der Waals surface area contributed by atoms with Crippen molar-refractivity contribution in [1.29, 1.82) is 0 Å². The summed E-state index contributed by atoms with van der Waals surface area (Å²) in [5, 5.41) is 4.90. The minimum atomic E-state index is -3.97. The first-order chi connectivity index (χ1) is 8.79. The molecule has 104 valence electrons. The van der Waals surface area contributed by atoms with Crippen molar-refractivity contribution in [3.63, 3.8) is 0 Å². The molecule has 1 fully saturated rings. The summed E-state index contributed by atoms with van der Waals surface area (Å²) in [7, 11) is -3.97. The zero-order chi connectivity index (χ0) is 14.2. The first kappa shape index (κ1) is 14.6. The van der Waals surface area contributed by atoms with Crippen LogP contribution in [0.1, 0.15) is 29.6 Å². The quantitative estimate of drug-likeness (QED) is 0.865. The molecule has 8 heteroatoms. The smallest absolute Gasteiger partial charge is 0.340 e. The zero-order valence-electron chi connectivity index (χ0n) is 9.73. The maximum atomic E-state index is 11.9. The highest BCUT2D eigenvalue weighted by Gasteiger charge is 2.25. The van der Waals surface area contributed by atoms with E-state index in [0.717, 1.165) is 31.4 Å². The number of ether oxygens (including phenoxy) is 1. The van der Waals surface area contributed by atoms with Gasteiger partial charge < -0.3 is 4.74 Å². The number of hydrogen-bond acceptors (Lipinski definition) is 4. The topological polar surface area (TPSA) is 86.5 Å². The van der Waals surface area contributed by atoms with Gasteiger partial charge in [-0.1, -0.05) is 23.2 Å². The number of benzene rings is 1. The van der Waals surface area contributed by atoms with Crippen molar-refractivity contribution in [2.45, 2.75) is 30.3 Å². The van der Waals surface area contributed by atoms with Crippen LogP contribution in [0.15, 0.2) is 17.0 Å². The van der Waals surface area contributed by atoms with Crippen LogP contribution in [0.2, 0.25) is 10.0 Å². The number of hydrogen-bond donors (Lipinski definition) is 1. The number of carbonyl (C=O) groups excluding carboxylic acids is 1. The Morgan fingerprint density at radius 3 is 2.42 bits per heavy atom. The van der Waals surface area contributed by atoms with E-state index in [9.17, 15) is 13.2 Å². The predicted octanol–water partition coefficient (Wildman–Crippen LogP) is 2.35. The fourth-order valence-electron chi connectivity index (χ4n) is 1.58. The van der Waals surface area contributed by atoms with E-state index in [1.54, 1.807) is 0 Å². The third kappa shape index (κ3) is 3.20. The molecule has 2 rings (SSSR count). The molecule has 5 nitrogen and oxygen atoms in total. The number of nitrogens with two attached hydrogens (primary N) is 1. The Labute approximate surface area is 120 Å². The normalized spacial score (nSPS) is 15.9. The van der Waals surface area contributed by atoms with Gasteiger partial charge in [0.2, 0.25) is 10.0 Å². The molecule has 1 aliphatic rings. The van der Waals surface area contributed by atoms with Gasteiger partial charge in [-0.15, -0.1) is 0 Å². The highest BCUT2D eigenvalue weighted by atomic mass is 35.5. The van der Waals surface area contributed by atoms with E-state index in [1.807, 2.05) is 0 Å². The number of rotatable bonds is 3. The molecule has 0 heterocycles.